The average molecular weight is 999 g/mol. The van der Waals surface area contributed by atoms with Gasteiger partial charge in [0.15, 0.2) is 5.78 Å². The number of carbonyl (C=O) groups excluding carboxylic acids is 11. The molecule has 25 heteroatoms. The molecular weight excluding hydrogens is 933 g/mol. The molecule has 0 fully saturated rings. The number of nitrogens with two attached hydrogens (primary N) is 1. The number of Topliss-reactive ketones (excluding diaryl/α,β-unsaturated/α-hetero) is 2. The standard InChI is InChI=1S/C20H24N2O8.C14H23NO7.C11H19NO6/c1-20(2,3)30-19(27)21-15(18(26)28-4)10-9-12(23)11-29-22-16(24)13-7-5-6-8-14(13)17(22)25;1-20-12(17)7-4-9(13(18)21-2)8-10(16)5-6-11(15)14(19)22-3;1-11(2,3)18-10(16)12-7(9(15)17-4)5-6-8(13)14/h5-8,15H,9-11H2,1-4H3,(H,21,27);9,11H,4-8,15H2,1-3H3;7H,5-6H2,1-4H3,(H,12,16)(H,13,14)/t15-;9-,11-;7-/m000/s1. The van der Waals surface area contributed by atoms with Crippen molar-refractivity contribution in [1.29, 1.82) is 0 Å². The number of fused-ring (bicyclic) bond motifs is 1. The minimum absolute atomic E-state index is 0.0191. The number of imide groups is 1. The molecule has 0 aromatic heterocycles. The Morgan fingerprint density at radius 3 is 1.41 bits per heavy atom. The Bertz CT molecular complexity index is 1970. The van der Waals surface area contributed by atoms with Crippen LogP contribution in [0.15, 0.2) is 24.3 Å². The summed E-state index contributed by atoms with van der Waals surface area (Å²) in [7, 11) is 5.98. The summed E-state index contributed by atoms with van der Waals surface area (Å²) in [6, 6.07) is 3.20. The number of hydroxylamine groups is 2. The van der Waals surface area contributed by atoms with E-state index in [1.807, 2.05) is 0 Å². The zero-order valence-corrected chi connectivity index (χ0v) is 41.3. The summed E-state index contributed by atoms with van der Waals surface area (Å²) in [5.41, 5.74) is 4.46. The molecule has 392 valence electrons. The van der Waals surface area contributed by atoms with E-state index in [4.69, 9.17) is 25.2 Å². The number of alkyl carbamates (subject to hydrolysis) is 2. The predicted octanol–water partition coefficient (Wildman–Crippen LogP) is 2.52. The first-order chi connectivity index (χ1) is 32.5. The normalized spacial score (nSPS) is 13.3. The van der Waals surface area contributed by atoms with Gasteiger partial charge in [-0.25, -0.2) is 19.2 Å². The van der Waals surface area contributed by atoms with Gasteiger partial charge in [-0.3, -0.25) is 43.2 Å². The third kappa shape index (κ3) is 25.4. The second kappa shape index (κ2) is 31.2. The number of ether oxygens (including phenoxy) is 7. The number of nitrogens with zero attached hydrogens (tertiary/aromatic N) is 1. The van der Waals surface area contributed by atoms with Crippen LogP contribution in [-0.4, -0.2) is 153 Å². The fourth-order valence-electron chi connectivity index (χ4n) is 5.57. The number of hydrogen-bond acceptors (Lipinski definition) is 21. The molecule has 0 saturated carbocycles. The van der Waals surface area contributed by atoms with Crippen LogP contribution in [0.3, 0.4) is 0 Å². The van der Waals surface area contributed by atoms with Crippen molar-refractivity contribution in [3.8, 4) is 0 Å². The second-order valence-corrected chi connectivity index (χ2v) is 16.9. The number of rotatable bonds is 23. The van der Waals surface area contributed by atoms with Gasteiger partial charge in [0.25, 0.3) is 11.8 Å². The van der Waals surface area contributed by atoms with E-state index in [1.165, 1.54) is 33.5 Å². The molecule has 5 N–H and O–H groups in total. The van der Waals surface area contributed by atoms with Gasteiger partial charge in [-0.05, 0) is 79.4 Å². The molecule has 1 aliphatic heterocycles. The number of aliphatic carboxylic acids is 1. The van der Waals surface area contributed by atoms with Crippen LogP contribution >= 0.6 is 0 Å². The Balaban J connectivity index is 0.00000106. The third-order valence-electron chi connectivity index (χ3n) is 8.99. The van der Waals surface area contributed by atoms with Gasteiger partial charge >= 0.3 is 48.0 Å². The summed E-state index contributed by atoms with van der Waals surface area (Å²) in [5.74, 6) is -6.86. The maximum absolute atomic E-state index is 12.2. The van der Waals surface area contributed by atoms with E-state index in [0.717, 1.165) is 14.2 Å². The first kappa shape index (κ1) is 63.0. The van der Waals surface area contributed by atoms with Gasteiger partial charge in [-0.1, -0.05) is 12.1 Å². The van der Waals surface area contributed by atoms with Crippen LogP contribution in [0.4, 0.5) is 9.59 Å². The highest BCUT2D eigenvalue weighted by Gasteiger charge is 2.37. The van der Waals surface area contributed by atoms with Gasteiger partial charge in [-0.2, -0.15) is 0 Å². The summed E-state index contributed by atoms with van der Waals surface area (Å²) in [6.45, 7) is 9.48. The first-order valence-electron chi connectivity index (χ1n) is 21.5. The van der Waals surface area contributed by atoms with Gasteiger partial charge < -0.3 is 54.6 Å². The summed E-state index contributed by atoms with van der Waals surface area (Å²) in [6.07, 6.45) is -1.88. The zero-order valence-electron chi connectivity index (χ0n) is 41.3. The van der Waals surface area contributed by atoms with E-state index < -0.39 is 107 Å². The highest BCUT2D eigenvalue weighted by atomic mass is 16.7. The van der Waals surface area contributed by atoms with Crippen LogP contribution < -0.4 is 16.4 Å². The quantitative estimate of drug-likeness (QED) is 0.0695. The lowest BCUT2D eigenvalue weighted by Gasteiger charge is -2.22. The topological polar surface area (TPSA) is 352 Å². The number of carboxylic acids is 1. The number of benzene rings is 1. The van der Waals surface area contributed by atoms with E-state index in [-0.39, 0.29) is 74.7 Å². The highest BCUT2D eigenvalue weighted by molar-refractivity contribution is 6.20. The van der Waals surface area contributed by atoms with Crippen molar-refractivity contribution in [3.05, 3.63) is 35.4 Å². The number of nitrogens with one attached hydrogen (secondary N) is 2. The fourth-order valence-corrected chi connectivity index (χ4v) is 5.57. The molecule has 2 rings (SSSR count). The second-order valence-electron chi connectivity index (χ2n) is 16.9. The molecule has 1 aliphatic rings. The van der Waals surface area contributed by atoms with Crippen molar-refractivity contribution in [3.63, 3.8) is 0 Å². The largest absolute Gasteiger partial charge is 0.481 e. The Hall–Kier alpha value is -7.02. The Kier molecular flexibility index (Phi) is 28.1. The number of amides is 4. The maximum Gasteiger partial charge on any atom is 0.408 e. The molecular formula is C45H66N4O21. The lowest BCUT2D eigenvalue weighted by molar-refractivity contribution is -0.149. The Morgan fingerprint density at radius 1 is 0.586 bits per heavy atom. The van der Waals surface area contributed by atoms with Crippen molar-refractivity contribution in [2.45, 2.75) is 129 Å². The molecule has 0 spiro atoms. The minimum Gasteiger partial charge on any atom is -0.481 e. The molecule has 25 nitrogen and oxygen atoms in total. The summed E-state index contributed by atoms with van der Waals surface area (Å²) >= 11 is 0. The fraction of sp³-hybridized carbons (Fsp3) is 0.600. The van der Waals surface area contributed by atoms with Crippen LogP contribution in [-0.2, 0) is 76.4 Å². The summed E-state index contributed by atoms with van der Waals surface area (Å²) in [5, 5.41) is 13.7. The molecule has 1 heterocycles. The molecule has 70 heavy (non-hydrogen) atoms. The van der Waals surface area contributed by atoms with E-state index in [2.05, 4.69) is 34.3 Å². The lowest BCUT2D eigenvalue weighted by Crippen LogP contribution is -2.44. The minimum atomic E-state index is -1.10. The Morgan fingerprint density at radius 2 is 1.01 bits per heavy atom. The van der Waals surface area contributed by atoms with Crippen molar-refractivity contribution in [1.82, 2.24) is 15.7 Å². The number of hydrogen-bond donors (Lipinski definition) is 4. The van der Waals surface area contributed by atoms with E-state index in [9.17, 15) is 57.5 Å². The molecule has 1 aromatic rings. The van der Waals surface area contributed by atoms with Gasteiger partial charge in [-0.15, -0.1) is 5.06 Å². The van der Waals surface area contributed by atoms with E-state index in [0.29, 0.717) is 5.06 Å². The van der Waals surface area contributed by atoms with Crippen LogP contribution in [0.25, 0.3) is 0 Å². The third-order valence-corrected chi connectivity index (χ3v) is 8.99. The predicted molar refractivity (Wildman–Crippen MR) is 240 cm³/mol. The SMILES string of the molecule is COC(=O)CC[C@@H](CC(=O)CC[C@H](N)C(=O)OC)C(=O)OC.COC(=O)[C@H](CCC(=O)CON1C(=O)c2ccccc2C1=O)NC(=O)OC(C)(C)C.COC(=O)[C@H](CCC(=O)O)NC(=O)OC(C)(C)C. The molecule has 4 amide bonds. The molecule has 0 aliphatic carbocycles. The molecule has 0 radical (unpaired) electrons. The van der Waals surface area contributed by atoms with Crippen LogP contribution in [0.1, 0.15) is 120 Å². The van der Waals surface area contributed by atoms with Gasteiger partial charge in [0, 0.05) is 32.1 Å². The monoisotopic (exact) mass is 998 g/mol. The van der Waals surface area contributed by atoms with Crippen LogP contribution in [0.5, 0.6) is 0 Å². The molecule has 0 saturated heterocycles. The molecule has 4 atom stereocenters. The lowest BCUT2D eigenvalue weighted by atomic mass is 9.94. The van der Waals surface area contributed by atoms with Crippen molar-refractivity contribution < 1.29 is 101 Å². The Labute approximate surface area is 404 Å². The number of carbonyl (C=O) groups is 12. The van der Waals surface area contributed by atoms with Gasteiger partial charge in [0.1, 0.15) is 41.7 Å². The van der Waals surface area contributed by atoms with Crippen molar-refractivity contribution in [2.75, 3.05) is 42.2 Å². The molecule has 1 aromatic carbocycles. The van der Waals surface area contributed by atoms with E-state index in [1.54, 1.807) is 53.7 Å². The number of carboxylic acid groups (broad SMARTS) is 1. The number of methoxy groups -OCH3 is 5. The zero-order chi connectivity index (χ0) is 53.9. The molecule has 0 unspecified atom stereocenters. The van der Waals surface area contributed by atoms with Gasteiger partial charge in [0.2, 0.25) is 0 Å². The first-order valence-corrected chi connectivity index (χ1v) is 21.5. The average Bonchev–Trinajstić information content (AvgIpc) is 3.53. The highest BCUT2D eigenvalue weighted by Crippen LogP contribution is 2.23. The maximum atomic E-state index is 12.2. The summed E-state index contributed by atoms with van der Waals surface area (Å²) < 4.78 is 32.7. The van der Waals surface area contributed by atoms with E-state index >= 15 is 0 Å². The molecule has 0 bridgehead atoms. The number of esters is 5. The van der Waals surface area contributed by atoms with Gasteiger partial charge in [0.05, 0.1) is 52.6 Å². The summed E-state index contributed by atoms with van der Waals surface area (Å²) in [4.78, 5) is 144. The van der Waals surface area contributed by atoms with Crippen molar-refractivity contribution in [2.24, 2.45) is 11.7 Å². The van der Waals surface area contributed by atoms with Crippen molar-refractivity contribution >= 4 is 71.4 Å². The van der Waals surface area contributed by atoms with Crippen LogP contribution in [0, 0.1) is 5.92 Å². The smallest absolute Gasteiger partial charge is 0.408 e. The van der Waals surface area contributed by atoms with Crippen LogP contribution in [0.2, 0.25) is 0 Å². The number of ketones is 2.